The molecule has 10 heteroatoms. The summed E-state index contributed by atoms with van der Waals surface area (Å²) < 4.78 is 11.0. The molecule has 1 aliphatic carbocycles. The standard InChI is InChI=1S/C23H26N8O2/c32-10-9-29-14-16(12-26-29)27-22-25-11-15-13-30(23(33)31(17-5-6-17)21(15)28-22)20-7-8-24-19-4-2-1-3-18(19)20/h1-4,11-12,14,17,20,24,32H,5-10,13H2,(H,25,27,28)/i20D. The number of urea groups is 1. The van der Waals surface area contributed by atoms with Gasteiger partial charge in [-0.15, -0.1) is 0 Å². The van der Waals surface area contributed by atoms with Gasteiger partial charge >= 0.3 is 6.03 Å². The Bertz CT molecular complexity index is 1250. The first kappa shape index (κ1) is 18.9. The first-order chi connectivity index (χ1) is 16.6. The van der Waals surface area contributed by atoms with E-state index < -0.39 is 6.02 Å². The van der Waals surface area contributed by atoms with E-state index in [-0.39, 0.29) is 25.2 Å². The number of nitrogens with zero attached hydrogens (tertiary/aromatic N) is 6. The van der Waals surface area contributed by atoms with E-state index in [1.807, 2.05) is 24.3 Å². The second-order valence-corrected chi connectivity index (χ2v) is 8.52. The van der Waals surface area contributed by atoms with Crippen molar-refractivity contribution in [2.75, 3.05) is 28.7 Å². The topological polar surface area (TPSA) is 111 Å². The van der Waals surface area contributed by atoms with Crippen molar-refractivity contribution in [2.24, 2.45) is 0 Å². The van der Waals surface area contributed by atoms with Crippen molar-refractivity contribution in [1.82, 2.24) is 24.6 Å². The third-order valence-electron chi connectivity index (χ3n) is 6.21. The zero-order chi connectivity index (χ0) is 23.3. The lowest BCUT2D eigenvalue weighted by molar-refractivity contribution is 0.168. The number of para-hydroxylation sites is 1. The van der Waals surface area contributed by atoms with Crippen molar-refractivity contribution in [1.29, 1.82) is 0 Å². The number of amides is 2. The predicted octanol–water partition coefficient (Wildman–Crippen LogP) is 2.87. The molecule has 10 nitrogen and oxygen atoms in total. The van der Waals surface area contributed by atoms with Crippen LogP contribution in [-0.2, 0) is 13.1 Å². The van der Waals surface area contributed by atoms with E-state index in [9.17, 15) is 6.17 Å². The minimum atomic E-state index is -1.16. The van der Waals surface area contributed by atoms with Gasteiger partial charge in [0, 0.05) is 36.2 Å². The molecule has 1 saturated carbocycles. The van der Waals surface area contributed by atoms with E-state index in [2.05, 4.69) is 20.7 Å². The van der Waals surface area contributed by atoms with E-state index in [1.54, 1.807) is 33.1 Å². The number of anilines is 4. The number of aromatic nitrogens is 4. The van der Waals surface area contributed by atoms with Crippen LogP contribution in [0.2, 0.25) is 0 Å². The number of aliphatic hydroxyl groups is 1. The fourth-order valence-corrected chi connectivity index (χ4v) is 4.51. The largest absolute Gasteiger partial charge is 0.394 e. The van der Waals surface area contributed by atoms with Gasteiger partial charge in [0.2, 0.25) is 5.95 Å². The van der Waals surface area contributed by atoms with Crippen molar-refractivity contribution in [3.8, 4) is 0 Å². The van der Waals surface area contributed by atoms with E-state index in [0.717, 1.165) is 29.7 Å². The number of rotatable bonds is 6. The molecule has 3 aliphatic rings. The Hall–Kier alpha value is -3.66. The number of carbonyl (C=O) groups is 1. The molecule has 6 rings (SSSR count). The van der Waals surface area contributed by atoms with Crippen molar-refractivity contribution in [2.45, 2.75) is 44.4 Å². The molecule has 4 heterocycles. The summed E-state index contributed by atoms with van der Waals surface area (Å²) >= 11 is 0. The zero-order valence-corrected chi connectivity index (χ0v) is 18.1. The number of benzene rings is 1. The molecule has 0 radical (unpaired) electrons. The summed E-state index contributed by atoms with van der Waals surface area (Å²) in [5.74, 6) is 0.983. The Kier molecular flexibility index (Phi) is 4.60. The highest BCUT2D eigenvalue weighted by molar-refractivity contribution is 5.95. The fraction of sp³-hybridized carbons (Fsp3) is 0.391. The molecule has 1 atom stereocenters. The molecule has 170 valence electrons. The average Bonchev–Trinajstić information content (AvgIpc) is 3.58. The molecular formula is C23H26N8O2. The molecule has 0 bridgehead atoms. The van der Waals surface area contributed by atoms with E-state index in [1.165, 1.54) is 0 Å². The van der Waals surface area contributed by atoms with Crippen LogP contribution in [0.5, 0.6) is 0 Å². The van der Waals surface area contributed by atoms with E-state index >= 15 is 0 Å². The van der Waals surface area contributed by atoms with Crippen LogP contribution >= 0.6 is 0 Å². The highest BCUT2D eigenvalue weighted by Gasteiger charge is 2.44. The maximum atomic E-state index is 13.8. The normalized spacial score (nSPS) is 22.3. The van der Waals surface area contributed by atoms with Crippen LogP contribution in [0.15, 0.2) is 42.9 Å². The monoisotopic (exact) mass is 447 g/mol. The van der Waals surface area contributed by atoms with Crippen molar-refractivity contribution < 1.29 is 11.3 Å². The van der Waals surface area contributed by atoms with Crippen LogP contribution in [0.25, 0.3) is 0 Å². The molecular weight excluding hydrogens is 420 g/mol. The summed E-state index contributed by atoms with van der Waals surface area (Å²) in [6.45, 7) is 1.32. The van der Waals surface area contributed by atoms with Crippen LogP contribution in [0.1, 0.15) is 37.8 Å². The van der Waals surface area contributed by atoms with Gasteiger partial charge in [-0.25, -0.2) is 9.78 Å². The van der Waals surface area contributed by atoms with Crippen LogP contribution in [0.3, 0.4) is 0 Å². The molecule has 33 heavy (non-hydrogen) atoms. The van der Waals surface area contributed by atoms with Crippen molar-refractivity contribution in [3.63, 3.8) is 0 Å². The predicted molar refractivity (Wildman–Crippen MR) is 123 cm³/mol. The lowest BCUT2D eigenvalue weighted by Crippen LogP contribution is -2.50. The van der Waals surface area contributed by atoms with Gasteiger partial charge in [0.25, 0.3) is 0 Å². The summed E-state index contributed by atoms with van der Waals surface area (Å²) in [6, 6.07) is 6.49. The Balaban J connectivity index is 1.34. The van der Waals surface area contributed by atoms with Crippen molar-refractivity contribution >= 4 is 29.2 Å². The van der Waals surface area contributed by atoms with Crippen LogP contribution < -0.4 is 15.5 Å². The lowest BCUT2D eigenvalue weighted by Gasteiger charge is -2.42. The first-order valence-electron chi connectivity index (χ1n) is 11.8. The van der Waals surface area contributed by atoms with Gasteiger partial charge < -0.3 is 20.6 Å². The van der Waals surface area contributed by atoms with Crippen LogP contribution in [0, 0.1) is 0 Å². The lowest BCUT2D eigenvalue weighted by atomic mass is 9.95. The van der Waals surface area contributed by atoms with Gasteiger partial charge in [0.05, 0.1) is 39.0 Å². The Morgan fingerprint density at radius 2 is 2.12 bits per heavy atom. The SMILES string of the molecule is [2H]C1(N2Cc3cnc(Nc4cnn(CCO)c4)nc3N(C3CC3)C2=O)CCNc2ccccc21. The van der Waals surface area contributed by atoms with Gasteiger partial charge in [0.1, 0.15) is 5.82 Å². The summed E-state index contributed by atoms with van der Waals surface area (Å²) in [5, 5.41) is 19.8. The van der Waals surface area contributed by atoms with Gasteiger partial charge in [-0.2, -0.15) is 10.1 Å². The average molecular weight is 448 g/mol. The summed E-state index contributed by atoms with van der Waals surface area (Å²) in [4.78, 5) is 26.4. The zero-order valence-electron chi connectivity index (χ0n) is 19.1. The summed E-state index contributed by atoms with van der Waals surface area (Å²) in [5.41, 5.74) is 3.24. The maximum Gasteiger partial charge on any atom is 0.326 e. The molecule has 3 aromatic rings. The number of aliphatic hydroxyl groups excluding tert-OH is 1. The molecule has 0 spiro atoms. The Morgan fingerprint density at radius 3 is 2.97 bits per heavy atom. The van der Waals surface area contributed by atoms with E-state index in [4.69, 9.17) is 10.1 Å². The molecule has 1 unspecified atom stereocenters. The second kappa shape index (κ2) is 8.04. The minimum Gasteiger partial charge on any atom is -0.394 e. The molecule has 2 aliphatic heterocycles. The second-order valence-electron chi connectivity index (χ2n) is 8.52. The molecule has 0 saturated heterocycles. The summed E-state index contributed by atoms with van der Waals surface area (Å²) in [7, 11) is 0. The molecule has 2 amide bonds. The molecule has 2 aromatic heterocycles. The minimum absolute atomic E-state index is 0.00343. The molecule has 1 aromatic carbocycles. The third kappa shape index (κ3) is 3.66. The molecule has 1 fully saturated rings. The smallest absolute Gasteiger partial charge is 0.326 e. The van der Waals surface area contributed by atoms with Gasteiger partial charge in [-0.1, -0.05) is 18.2 Å². The number of nitrogens with one attached hydrogen (secondary N) is 2. The number of fused-ring (bicyclic) bond motifs is 2. The summed E-state index contributed by atoms with van der Waals surface area (Å²) in [6.07, 6.45) is 7.49. The van der Waals surface area contributed by atoms with Gasteiger partial charge in [0.15, 0.2) is 0 Å². The Morgan fingerprint density at radius 1 is 1.24 bits per heavy atom. The number of carbonyl (C=O) groups excluding carboxylic acids is 1. The quantitative estimate of drug-likeness (QED) is 0.533. The number of hydrogen-bond donors (Lipinski definition) is 3. The first-order valence-corrected chi connectivity index (χ1v) is 11.3. The third-order valence-corrected chi connectivity index (χ3v) is 6.21. The fourth-order valence-electron chi connectivity index (χ4n) is 4.51. The number of hydrogen-bond acceptors (Lipinski definition) is 7. The highest BCUT2D eigenvalue weighted by atomic mass is 16.3. The van der Waals surface area contributed by atoms with Crippen LogP contribution in [-0.4, -0.2) is 55.0 Å². The van der Waals surface area contributed by atoms with Crippen molar-refractivity contribution in [3.05, 3.63) is 54.0 Å². The van der Waals surface area contributed by atoms with E-state index in [0.29, 0.717) is 37.0 Å². The van der Waals surface area contributed by atoms with Gasteiger partial charge in [-0.3, -0.25) is 9.58 Å². The maximum absolute atomic E-state index is 13.8. The van der Waals surface area contributed by atoms with Crippen LogP contribution in [0.4, 0.5) is 27.9 Å². The highest BCUT2D eigenvalue weighted by Crippen LogP contribution is 2.42. The van der Waals surface area contributed by atoms with Gasteiger partial charge in [-0.05, 0) is 30.9 Å². The molecule has 3 N–H and O–H groups in total. The Labute approximate surface area is 192 Å².